The predicted molar refractivity (Wildman–Crippen MR) is 86.8 cm³/mol. The van der Waals surface area contributed by atoms with Crippen LogP contribution in [-0.4, -0.2) is 18.7 Å². The van der Waals surface area contributed by atoms with Gasteiger partial charge < -0.3 is 4.74 Å². The van der Waals surface area contributed by atoms with Crippen LogP contribution in [0.1, 0.15) is 5.56 Å². The summed E-state index contributed by atoms with van der Waals surface area (Å²) in [7, 11) is 0. The zero-order valence-corrected chi connectivity index (χ0v) is 13.3. The van der Waals surface area contributed by atoms with Crippen LogP contribution in [0.4, 0.5) is 0 Å². The maximum absolute atomic E-state index is 11.6. The summed E-state index contributed by atoms with van der Waals surface area (Å²) in [5, 5.41) is 4.33. The van der Waals surface area contributed by atoms with Crippen LogP contribution in [0.2, 0.25) is 5.02 Å². The first-order valence-electron chi connectivity index (χ1n) is 6.10. The quantitative estimate of drug-likeness (QED) is 0.648. The van der Waals surface area contributed by atoms with Crippen molar-refractivity contribution in [2.45, 2.75) is 0 Å². The van der Waals surface area contributed by atoms with Crippen LogP contribution in [0, 0.1) is 0 Å². The molecule has 0 aliphatic heterocycles. The highest BCUT2D eigenvalue weighted by atomic mass is 79.9. The molecule has 2 aromatic rings. The number of nitrogens with one attached hydrogen (secondary N) is 1. The summed E-state index contributed by atoms with van der Waals surface area (Å²) in [4.78, 5) is 11.6. The van der Waals surface area contributed by atoms with Gasteiger partial charge in [0.15, 0.2) is 6.61 Å². The lowest BCUT2D eigenvalue weighted by molar-refractivity contribution is -0.123. The van der Waals surface area contributed by atoms with Gasteiger partial charge in [-0.25, -0.2) is 5.43 Å². The molecular weight excluding hydrogens is 356 g/mol. The number of hydrogen-bond donors (Lipinski definition) is 1. The fourth-order valence-electron chi connectivity index (χ4n) is 1.49. The molecule has 2 rings (SSSR count). The van der Waals surface area contributed by atoms with E-state index in [0.29, 0.717) is 10.8 Å². The molecule has 1 amide bonds. The molecule has 0 atom stereocenters. The molecule has 0 saturated carbocycles. The van der Waals surface area contributed by atoms with Gasteiger partial charge in [0.05, 0.1) is 11.2 Å². The lowest BCUT2D eigenvalue weighted by Gasteiger charge is -2.06. The predicted octanol–water partition coefficient (Wildman–Crippen LogP) is 3.63. The summed E-state index contributed by atoms with van der Waals surface area (Å²) in [6.07, 6.45) is 1.55. The van der Waals surface area contributed by atoms with Gasteiger partial charge in [0, 0.05) is 10.0 Å². The van der Waals surface area contributed by atoms with E-state index in [2.05, 4.69) is 26.5 Å². The van der Waals surface area contributed by atoms with E-state index in [0.717, 1.165) is 10.0 Å². The molecule has 108 valence electrons. The lowest BCUT2D eigenvalue weighted by atomic mass is 10.2. The van der Waals surface area contributed by atoms with E-state index < -0.39 is 0 Å². The highest BCUT2D eigenvalue weighted by Crippen LogP contribution is 2.22. The van der Waals surface area contributed by atoms with Crippen LogP contribution >= 0.6 is 27.5 Å². The molecule has 0 aromatic heterocycles. The van der Waals surface area contributed by atoms with Crippen LogP contribution in [0.25, 0.3) is 0 Å². The number of hydrogen-bond acceptors (Lipinski definition) is 3. The zero-order chi connectivity index (χ0) is 15.1. The fraction of sp³-hybridized carbons (Fsp3) is 0.0667. The van der Waals surface area contributed by atoms with Gasteiger partial charge in [-0.2, -0.15) is 5.10 Å². The van der Waals surface area contributed by atoms with E-state index in [1.165, 1.54) is 0 Å². The van der Waals surface area contributed by atoms with Crippen LogP contribution in [-0.2, 0) is 4.79 Å². The van der Waals surface area contributed by atoms with Gasteiger partial charge in [-0.1, -0.05) is 57.9 Å². The molecule has 0 aliphatic carbocycles. The average molecular weight is 368 g/mol. The number of halogens is 2. The lowest BCUT2D eigenvalue weighted by Crippen LogP contribution is -2.24. The molecule has 0 heterocycles. The van der Waals surface area contributed by atoms with Crippen molar-refractivity contribution in [3.05, 3.63) is 63.6 Å². The van der Waals surface area contributed by atoms with Crippen LogP contribution in [0.3, 0.4) is 0 Å². The van der Waals surface area contributed by atoms with E-state index in [9.17, 15) is 4.79 Å². The van der Waals surface area contributed by atoms with Crippen molar-refractivity contribution >= 4 is 39.7 Å². The van der Waals surface area contributed by atoms with E-state index in [1.54, 1.807) is 30.5 Å². The molecule has 0 aliphatic rings. The Morgan fingerprint density at radius 1 is 1.24 bits per heavy atom. The van der Waals surface area contributed by atoms with Crippen molar-refractivity contribution in [3.8, 4) is 5.75 Å². The number of nitrogens with zero attached hydrogens (tertiary/aromatic N) is 1. The number of para-hydroxylation sites is 1. The molecule has 0 radical (unpaired) electrons. The minimum atomic E-state index is -0.363. The van der Waals surface area contributed by atoms with E-state index in [1.807, 2.05) is 24.3 Å². The Hall–Kier alpha value is -1.85. The van der Waals surface area contributed by atoms with Crippen molar-refractivity contribution in [2.24, 2.45) is 5.10 Å². The van der Waals surface area contributed by atoms with Crippen molar-refractivity contribution in [2.75, 3.05) is 6.61 Å². The molecule has 0 saturated heterocycles. The Labute approximate surface area is 135 Å². The largest absolute Gasteiger partial charge is 0.482 e. The first kappa shape index (κ1) is 15.5. The monoisotopic (exact) mass is 366 g/mol. The number of benzene rings is 2. The number of carbonyl (C=O) groups is 1. The number of carbonyl (C=O) groups excluding carboxylic acids is 1. The van der Waals surface area contributed by atoms with Gasteiger partial charge in [-0.15, -0.1) is 0 Å². The second-order valence-electron chi connectivity index (χ2n) is 4.03. The summed E-state index contributed by atoms with van der Waals surface area (Å²) in [5.74, 6) is 0.0994. The Bertz CT molecular complexity index is 662. The van der Waals surface area contributed by atoms with Crippen LogP contribution in [0.15, 0.2) is 58.1 Å². The maximum Gasteiger partial charge on any atom is 0.277 e. The summed E-state index contributed by atoms with van der Waals surface area (Å²) in [5.41, 5.74) is 3.26. The minimum absolute atomic E-state index is 0.156. The molecule has 4 nitrogen and oxygen atoms in total. The minimum Gasteiger partial charge on any atom is -0.482 e. The van der Waals surface area contributed by atoms with Gasteiger partial charge in [0.25, 0.3) is 5.91 Å². The van der Waals surface area contributed by atoms with E-state index in [4.69, 9.17) is 16.3 Å². The second kappa shape index (κ2) is 7.81. The molecule has 0 spiro atoms. The highest BCUT2D eigenvalue weighted by molar-refractivity contribution is 9.10. The van der Waals surface area contributed by atoms with Crippen molar-refractivity contribution < 1.29 is 9.53 Å². The van der Waals surface area contributed by atoms with Gasteiger partial charge in [-0.05, 0) is 18.2 Å². The molecule has 0 bridgehead atoms. The summed E-state index contributed by atoms with van der Waals surface area (Å²) in [6, 6.07) is 14.5. The summed E-state index contributed by atoms with van der Waals surface area (Å²) in [6.45, 7) is -0.156. The third-order valence-electron chi connectivity index (χ3n) is 2.49. The molecule has 1 N–H and O–H groups in total. The van der Waals surface area contributed by atoms with Gasteiger partial charge in [0.1, 0.15) is 5.75 Å². The van der Waals surface area contributed by atoms with Crippen LogP contribution in [0.5, 0.6) is 5.75 Å². The molecule has 6 heteroatoms. The zero-order valence-electron chi connectivity index (χ0n) is 10.9. The van der Waals surface area contributed by atoms with Crippen molar-refractivity contribution in [3.63, 3.8) is 0 Å². The fourth-order valence-corrected chi connectivity index (χ4v) is 2.07. The van der Waals surface area contributed by atoms with Gasteiger partial charge in [-0.3, -0.25) is 4.79 Å². The van der Waals surface area contributed by atoms with E-state index >= 15 is 0 Å². The first-order chi connectivity index (χ1) is 10.2. The molecule has 2 aromatic carbocycles. The van der Waals surface area contributed by atoms with Crippen molar-refractivity contribution in [1.82, 2.24) is 5.43 Å². The number of ether oxygens (including phenoxy) is 1. The Morgan fingerprint density at radius 3 is 2.71 bits per heavy atom. The number of rotatable bonds is 5. The van der Waals surface area contributed by atoms with Crippen molar-refractivity contribution in [1.29, 1.82) is 0 Å². The van der Waals surface area contributed by atoms with Crippen LogP contribution < -0.4 is 10.2 Å². The smallest absolute Gasteiger partial charge is 0.277 e. The topological polar surface area (TPSA) is 50.7 Å². The Morgan fingerprint density at radius 2 is 1.95 bits per heavy atom. The number of amides is 1. The Kier molecular flexibility index (Phi) is 5.78. The second-order valence-corrected chi connectivity index (χ2v) is 5.30. The maximum atomic E-state index is 11.6. The van der Waals surface area contributed by atoms with Gasteiger partial charge in [0.2, 0.25) is 0 Å². The molecular formula is C15H12BrClN2O2. The third-order valence-corrected chi connectivity index (χ3v) is 3.53. The molecule has 0 unspecified atom stereocenters. The van der Waals surface area contributed by atoms with E-state index in [-0.39, 0.29) is 12.5 Å². The number of hydrazone groups is 1. The summed E-state index contributed by atoms with van der Waals surface area (Å²) < 4.78 is 6.20. The van der Waals surface area contributed by atoms with Gasteiger partial charge >= 0.3 is 0 Å². The normalized spacial score (nSPS) is 10.6. The standard InChI is InChI=1S/C15H12BrClN2O2/c16-12-6-2-1-5-11(12)9-18-19-15(20)10-21-14-8-4-3-7-13(14)17/h1-9H,10H2,(H,19,20)/b18-9+. The first-order valence-corrected chi connectivity index (χ1v) is 7.27. The highest BCUT2D eigenvalue weighted by Gasteiger charge is 2.04. The Balaban J connectivity index is 1.83. The third kappa shape index (κ3) is 4.88. The molecule has 21 heavy (non-hydrogen) atoms. The average Bonchev–Trinajstić information content (AvgIpc) is 2.48. The summed E-state index contributed by atoms with van der Waals surface area (Å²) >= 11 is 9.31. The molecule has 0 fully saturated rings. The SMILES string of the molecule is O=C(COc1ccccc1Cl)N/N=C/c1ccccc1Br.